The minimum Gasteiger partial charge on any atom is -0.488 e. The number of carbonyl (C=O) groups is 1. The summed E-state index contributed by atoms with van der Waals surface area (Å²) in [5.74, 6) is -0.417. The number of halogens is 1. The van der Waals surface area contributed by atoms with E-state index in [9.17, 15) is 4.79 Å². The molecule has 1 N–H and O–H groups in total. The molecule has 0 fully saturated rings. The second-order valence-corrected chi connectivity index (χ2v) is 5.01. The molecular weight excluding hydrogens is 288 g/mol. The lowest BCUT2D eigenvalue weighted by Gasteiger charge is -2.11. The minimum atomic E-state index is -1.01. The molecule has 108 valence electrons. The number of carboxylic acid groups (broad SMARTS) is 1. The normalized spacial score (nSPS) is 10.8. The summed E-state index contributed by atoms with van der Waals surface area (Å²) in [5.41, 5.74) is 2.87. The van der Waals surface area contributed by atoms with Crippen LogP contribution in [0.25, 0.3) is 6.08 Å². The third-order valence-electron chi connectivity index (χ3n) is 3.02. The van der Waals surface area contributed by atoms with Crippen molar-refractivity contribution >= 4 is 23.6 Å². The van der Waals surface area contributed by atoms with Gasteiger partial charge in [0.15, 0.2) is 0 Å². The molecule has 2 aromatic carbocycles. The van der Waals surface area contributed by atoms with Gasteiger partial charge < -0.3 is 9.84 Å². The van der Waals surface area contributed by atoms with Crippen LogP contribution >= 0.6 is 11.6 Å². The van der Waals surface area contributed by atoms with Crippen molar-refractivity contribution in [1.82, 2.24) is 0 Å². The molecule has 0 saturated carbocycles. The first-order chi connectivity index (χ1) is 10.1. The van der Waals surface area contributed by atoms with Crippen molar-refractivity contribution in [3.63, 3.8) is 0 Å². The molecule has 0 saturated heterocycles. The zero-order valence-corrected chi connectivity index (χ0v) is 12.3. The largest absolute Gasteiger partial charge is 0.488 e. The lowest BCUT2D eigenvalue weighted by atomic mass is 10.1. The molecule has 0 aliphatic heterocycles. The standard InChI is InChI=1S/C17H15ClO3/c1-12-4-2-3-5-14(12)11-21-16-8-7-15(18)10-13(16)6-9-17(19)20/h2-10H,11H2,1H3,(H,19,20)/b9-6+. The quantitative estimate of drug-likeness (QED) is 0.836. The van der Waals surface area contributed by atoms with E-state index >= 15 is 0 Å². The maximum Gasteiger partial charge on any atom is 0.328 e. The number of aliphatic carboxylic acids is 1. The number of carboxylic acids is 1. The van der Waals surface area contributed by atoms with Gasteiger partial charge in [-0.25, -0.2) is 4.79 Å². The Labute approximate surface area is 128 Å². The van der Waals surface area contributed by atoms with E-state index in [0.29, 0.717) is 22.9 Å². The molecule has 3 nitrogen and oxygen atoms in total. The minimum absolute atomic E-state index is 0.419. The van der Waals surface area contributed by atoms with E-state index in [0.717, 1.165) is 17.2 Å². The predicted octanol–water partition coefficient (Wildman–Crippen LogP) is 4.33. The van der Waals surface area contributed by atoms with Gasteiger partial charge in [0.05, 0.1) is 0 Å². The highest BCUT2D eigenvalue weighted by atomic mass is 35.5. The Morgan fingerprint density at radius 2 is 2.05 bits per heavy atom. The highest BCUT2D eigenvalue weighted by Gasteiger charge is 2.04. The van der Waals surface area contributed by atoms with E-state index in [1.165, 1.54) is 6.08 Å². The van der Waals surface area contributed by atoms with Crippen molar-refractivity contribution in [2.75, 3.05) is 0 Å². The molecule has 4 heteroatoms. The van der Waals surface area contributed by atoms with Crippen molar-refractivity contribution < 1.29 is 14.6 Å². The zero-order valence-electron chi connectivity index (χ0n) is 11.5. The van der Waals surface area contributed by atoms with Gasteiger partial charge >= 0.3 is 5.97 Å². The molecule has 21 heavy (non-hydrogen) atoms. The summed E-state index contributed by atoms with van der Waals surface area (Å²) < 4.78 is 5.79. The Morgan fingerprint density at radius 1 is 1.29 bits per heavy atom. The van der Waals surface area contributed by atoms with Crippen LogP contribution in [0.15, 0.2) is 48.5 Å². The first-order valence-electron chi connectivity index (χ1n) is 6.44. The third-order valence-corrected chi connectivity index (χ3v) is 3.26. The molecule has 0 spiro atoms. The molecule has 0 aromatic heterocycles. The highest BCUT2D eigenvalue weighted by Crippen LogP contribution is 2.25. The van der Waals surface area contributed by atoms with Gasteiger partial charge in [-0.05, 0) is 42.3 Å². The summed E-state index contributed by atoms with van der Waals surface area (Å²) in [4.78, 5) is 10.6. The average molecular weight is 303 g/mol. The monoisotopic (exact) mass is 302 g/mol. The number of hydrogen-bond donors (Lipinski definition) is 1. The van der Waals surface area contributed by atoms with E-state index in [-0.39, 0.29) is 0 Å². The van der Waals surface area contributed by atoms with Crippen molar-refractivity contribution in [3.8, 4) is 5.75 Å². The number of hydrogen-bond acceptors (Lipinski definition) is 2. The fourth-order valence-electron chi connectivity index (χ4n) is 1.87. The van der Waals surface area contributed by atoms with Crippen molar-refractivity contribution in [3.05, 3.63) is 70.3 Å². The highest BCUT2D eigenvalue weighted by molar-refractivity contribution is 6.30. The van der Waals surface area contributed by atoms with Gasteiger partial charge in [-0.15, -0.1) is 0 Å². The lowest BCUT2D eigenvalue weighted by molar-refractivity contribution is -0.131. The summed E-state index contributed by atoms with van der Waals surface area (Å²) in [7, 11) is 0. The van der Waals surface area contributed by atoms with Crippen LogP contribution < -0.4 is 4.74 Å². The lowest BCUT2D eigenvalue weighted by Crippen LogP contribution is -1.99. The first kappa shape index (κ1) is 15.1. The van der Waals surface area contributed by atoms with E-state index < -0.39 is 5.97 Å². The van der Waals surface area contributed by atoms with Crippen LogP contribution in [0.5, 0.6) is 5.75 Å². The van der Waals surface area contributed by atoms with Crippen LogP contribution in [0.3, 0.4) is 0 Å². The Hall–Kier alpha value is -2.26. The molecule has 2 rings (SSSR count). The summed E-state index contributed by atoms with van der Waals surface area (Å²) in [6, 6.07) is 13.1. The maximum absolute atomic E-state index is 10.6. The zero-order chi connectivity index (χ0) is 15.2. The fourth-order valence-corrected chi connectivity index (χ4v) is 2.05. The van der Waals surface area contributed by atoms with Gasteiger partial charge in [-0.2, -0.15) is 0 Å². The Bertz CT molecular complexity index is 677. The van der Waals surface area contributed by atoms with E-state index in [1.54, 1.807) is 18.2 Å². The topological polar surface area (TPSA) is 46.5 Å². The van der Waals surface area contributed by atoms with Crippen LogP contribution in [0.2, 0.25) is 5.02 Å². The Balaban J connectivity index is 2.20. The van der Waals surface area contributed by atoms with Gasteiger partial charge in [0.25, 0.3) is 0 Å². The van der Waals surface area contributed by atoms with Gasteiger partial charge in [-0.1, -0.05) is 35.9 Å². The number of benzene rings is 2. The van der Waals surface area contributed by atoms with Crippen molar-refractivity contribution in [2.45, 2.75) is 13.5 Å². The molecular formula is C17H15ClO3. The summed E-state index contributed by atoms with van der Waals surface area (Å²) >= 11 is 5.94. The fraction of sp³-hybridized carbons (Fsp3) is 0.118. The number of aryl methyl sites for hydroxylation is 1. The molecule has 0 radical (unpaired) electrons. The Morgan fingerprint density at radius 3 is 2.76 bits per heavy atom. The third kappa shape index (κ3) is 4.36. The van der Waals surface area contributed by atoms with Gasteiger partial charge in [0.1, 0.15) is 12.4 Å². The second-order valence-electron chi connectivity index (χ2n) is 4.57. The molecule has 0 amide bonds. The summed E-state index contributed by atoms with van der Waals surface area (Å²) in [6.07, 6.45) is 2.54. The molecule has 0 aliphatic rings. The molecule has 2 aromatic rings. The van der Waals surface area contributed by atoms with Crippen LogP contribution in [-0.2, 0) is 11.4 Å². The molecule has 0 unspecified atom stereocenters. The SMILES string of the molecule is Cc1ccccc1COc1ccc(Cl)cc1/C=C/C(=O)O. The number of ether oxygens (including phenoxy) is 1. The van der Waals surface area contributed by atoms with E-state index in [2.05, 4.69) is 0 Å². The van der Waals surface area contributed by atoms with Crippen molar-refractivity contribution in [2.24, 2.45) is 0 Å². The smallest absolute Gasteiger partial charge is 0.328 e. The maximum atomic E-state index is 10.6. The first-order valence-corrected chi connectivity index (χ1v) is 6.82. The van der Waals surface area contributed by atoms with Crippen molar-refractivity contribution in [1.29, 1.82) is 0 Å². The molecule has 0 atom stereocenters. The van der Waals surface area contributed by atoms with E-state index in [1.807, 2.05) is 31.2 Å². The number of rotatable bonds is 5. The Kier molecular flexibility index (Phi) is 5.01. The van der Waals surface area contributed by atoms with Crippen LogP contribution in [0, 0.1) is 6.92 Å². The molecule has 0 aliphatic carbocycles. The van der Waals surface area contributed by atoms with E-state index in [4.69, 9.17) is 21.4 Å². The predicted molar refractivity (Wildman–Crippen MR) is 83.6 cm³/mol. The van der Waals surface area contributed by atoms with Gasteiger partial charge in [0, 0.05) is 16.7 Å². The molecule has 0 heterocycles. The average Bonchev–Trinajstić information content (AvgIpc) is 2.45. The molecule has 0 bridgehead atoms. The van der Waals surface area contributed by atoms with Crippen LogP contribution in [-0.4, -0.2) is 11.1 Å². The summed E-state index contributed by atoms with van der Waals surface area (Å²) in [5, 5.41) is 9.25. The van der Waals surface area contributed by atoms with Crippen LogP contribution in [0.4, 0.5) is 0 Å². The summed E-state index contributed by atoms with van der Waals surface area (Å²) in [6.45, 7) is 2.44. The second kappa shape index (κ2) is 6.95. The van der Waals surface area contributed by atoms with Gasteiger partial charge in [0.2, 0.25) is 0 Å². The van der Waals surface area contributed by atoms with Crippen LogP contribution in [0.1, 0.15) is 16.7 Å². The van der Waals surface area contributed by atoms with Gasteiger partial charge in [-0.3, -0.25) is 0 Å².